The van der Waals surface area contributed by atoms with Crippen LogP contribution in [0.1, 0.15) is 44.1 Å². The van der Waals surface area contributed by atoms with Crippen LogP contribution in [0.25, 0.3) is 0 Å². The predicted molar refractivity (Wildman–Crippen MR) is 96.4 cm³/mol. The van der Waals surface area contributed by atoms with Gasteiger partial charge >= 0.3 is 0 Å². The lowest BCUT2D eigenvalue weighted by Crippen LogP contribution is -2.51. The van der Waals surface area contributed by atoms with Crippen LogP contribution in [-0.4, -0.2) is 45.6 Å². The zero-order valence-electron chi connectivity index (χ0n) is 15.2. The van der Waals surface area contributed by atoms with Crippen LogP contribution in [0.15, 0.2) is 29.0 Å². The highest BCUT2D eigenvalue weighted by Crippen LogP contribution is 2.41. The fourth-order valence-corrected chi connectivity index (χ4v) is 4.06. The first-order chi connectivity index (χ1) is 12.7. The Morgan fingerprint density at radius 2 is 1.96 bits per heavy atom. The topological polar surface area (TPSA) is 75.4 Å². The molecule has 0 aliphatic carbocycles. The third kappa shape index (κ3) is 3.43. The maximum atomic E-state index is 12.4. The number of aromatic nitrogens is 3. The Hall–Kier alpha value is -2.44. The number of likely N-dealkylation sites (tertiary alicyclic amines) is 1. The maximum absolute atomic E-state index is 12.4. The molecular formula is C19H25N5O2. The summed E-state index contributed by atoms with van der Waals surface area (Å²) in [6.45, 7) is 5.37. The molecule has 7 heteroatoms. The molecule has 0 aromatic carbocycles. The summed E-state index contributed by atoms with van der Waals surface area (Å²) in [5.74, 6) is 1.66. The molecule has 1 spiro atoms. The van der Waals surface area contributed by atoms with E-state index in [1.54, 1.807) is 12.4 Å². The van der Waals surface area contributed by atoms with Gasteiger partial charge in [-0.2, -0.15) is 4.98 Å². The minimum atomic E-state index is 0.217. The van der Waals surface area contributed by atoms with Gasteiger partial charge in [0, 0.05) is 51.4 Å². The van der Waals surface area contributed by atoms with Crippen LogP contribution < -0.4 is 4.90 Å². The summed E-state index contributed by atoms with van der Waals surface area (Å²) in [5.41, 5.74) is 1.36. The molecule has 2 aliphatic rings. The minimum absolute atomic E-state index is 0.217. The van der Waals surface area contributed by atoms with Crippen molar-refractivity contribution in [3.05, 3.63) is 36.0 Å². The Balaban J connectivity index is 1.40. The number of hydrogen-bond acceptors (Lipinski definition) is 6. The largest absolute Gasteiger partial charge is 0.338 e. The average molecular weight is 355 g/mol. The minimum Gasteiger partial charge on any atom is -0.338 e. The lowest BCUT2D eigenvalue weighted by atomic mass is 9.72. The monoisotopic (exact) mass is 355 g/mol. The van der Waals surface area contributed by atoms with E-state index >= 15 is 0 Å². The van der Waals surface area contributed by atoms with Gasteiger partial charge in [0.2, 0.25) is 11.8 Å². The Kier molecular flexibility index (Phi) is 4.61. The van der Waals surface area contributed by atoms with E-state index in [1.807, 2.05) is 24.0 Å². The highest BCUT2D eigenvalue weighted by Gasteiger charge is 2.41. The van der Waals surface area contributed by atoms with Crippen molar-refractivity contribution in [2.45, 2.75) is 45.6 Å². The molecule has 7 nitrogen and oxygen atoms in total. The van der Waals surface area contributed by atoms with Crippen molar-refractivity contribution < 1.29 is 9.32 Å². The second-order valence-electron chi connectivity index (χ2n) is 7.43. The first-order valence-corrected chi connectivity index (χ1v) is 9.42. The van der Waals surface area contributed by atoms with Crippen molar-refractivity contribution in [3.8, 4) is 0 Å². The summed E-state index contributed by atoms with van der Waals surface area (Å²) >= 11 is 0. The van der Waals surface area contributed by atoms with E-state index in [1.165, 1.54) is 0 Å². The fourth-order valence-electron chi connectivity index (χ4n) is 4.06. The molecule has 0 bridgehead atoms. The molecule has 0 atom stereocenters. The molecule has 2 aliphatic heterocycles. The van der Waals surface area contributed by atoms with Crippen LogP contribution >= 0.6 is 0 Å². The van der Waals surface area contributed by atoms with Crippen LogP contribution in [-0.2, 0) is 17.8 Å². The van der Waals surface area contributed by atoms with Gasteiger partial charge in [0.05, 0.1) is 0 Å². The quantitative estimate of drug-likeness (QED) is 0.838. The van der Waals surface area contributed by atoms with Gasteiger partial charge in [0.1, 0.15) is 0 Å². The second kappa shape index (κ2) is 7.05. The van der Waals surface area contributed by atoms with Crippen molar-refractivity contribution in [1.29, 1.82) is 0 Å². The first kappa shape index (κ1) is 17.0. The number of hydrogen-bond donors (Lipinski definition) is 0. The number of amides is 1. The first-order valence-electron chi connectivity index (χ1n) is 9.42. The van der Waals surface area contributed by atoms with Crippen LogP contribution in [0.5, 0.6) is 0 Å². The molecular weight excluding hydrogens is 330 g/mol. The number of piperidine rings is 2. The maximum Gasteiger partial charge on any atom is 0.266 e. The number of rotatable bonds is 4. The zero-order valence-corrected chi connectivity index (χ0v) is 15.2. The number of carbonyl (C=O) groups is 1. The predicted octanol–water partition coefficient (Wildman–Crippen LogP) is 2.44. The highest BCUT2D eigenvalue weighted by atomic mass is 16.5. The summed E-state index contributed by atoms with van der Waals surface area (Å²) in [4.78, 5) is 25.1. The van der Waals surface area contributed by atoms with E-state index in [-0.39, 0.29) is 11.3 Å². The molecule has 2 fully saturated rings. The lowest BCUT2D eigenvalue weighted by molar-refractivity contribution is -0.139. The number of carbonyl (C=O) groups excluding carboxylic acids is 1. The molecule has 2 aromatic rings. The summed E-state index contributed by atoms with van der Waals surface area (Å²) in [6, 6.07) is 3.97. The summed E-state index contributed by atoms with van der Waals surface area (Å²) in [7, 11) is 0. The van der Waals surface area contributed by atoms with Gasteiger partial charge in [0.15, 0.2) is 0 Å². The Morgan fingerprint density at radius 1 is 1.19 bits per heavy atom. The van der Waals surface area contributed by atoms with E-state index in [2.05, 4.69) is 20.0 Å². The van der Waals surface area contributed by atoms with E-state index in [9.17, 15) is 4.79 Å². The molecule has 4 heterocycles. The highest BCUT2D eigenvalue weighted by molar-refractivity contribution is 5.77. The number of nitrogens with zero attached hydrogens (tertiary/aromatic N) is 5. The summed E-state index contributed by atoms with van der Waals surface area (Å²) in [5, 5.41) is 4.10. The van der Waals surface area contributed by atoms with E-state index in [4.69, 9.17) is 4.52 Å². The average Bonchev–Trinajstić information content (AvgIpc) is 3.16. The zero-order chi connectivity index (χ0) is 18.0. The number of pyridine rings is 1. The van der Waals surface area contributed by atoms with Crippen LogP contribution in [0.4, 0.5) is 5.95 Å². The Morgan fingerprint density at radius 3 is 2.65 bits per heavy atom. The molecule has 0 saturated carbocycles. The van der Waals surface area contributed by atoms with E-state index in [0.29, 0.717) is 24.8 Å². The number of anilines is 1. The molecule has 0 N–H and O–H groups in total. The molecule has 2 aromatic heterocycles. The molecule has 0 radical (unpaired) electrons. The SMILES string of the molecule is CCc1nc(N2CCC3(CCC(=O)N(Cc4ccncc4)C3)CC2)no1. The fraction of sp³-hybridized carbons (Fsp3) is 0.579. The lowest BCUT2D eigenvalue weighted by Gasteiger charge is -2.47. The summed E-state index contributed by atoms with van der Waals surface area (Å²) in [6.07, 6.45) is 8.08. The second-order valence-corrected chi connectivity index (χ2v) is 7.43. The normalized spacial score (nSPS) is 20.0. The van der Waals surface area contributed by atoms with Crippen molar-refractivity contribution in [2.75, 3.05) is 24.5 Å². The van der Waals surface area contributed by atoms with Crippen LogP contribution in [0.3, 0.4) is 0 Å². The van der Waals surface area contributed by atoms with Crippen molar-refractivity contribution in [3.63, 3.8) is 0 Å². The van der Waals surface area contributed by atoms with Gasteiger partial charge < -0.3 is 14.3 Å². The molecule has 0 unspecified atom stereocenters. The van der Waals surface area contributed by atoms with Gasteiger partial charge in [0.25, 0.3) is 5.95 Å². The van der Waals surface area contributed by atoms with Gasteiger partial charge in [-0.1, -0.05) is 6.92 Å². The van der Waals surface area contributed by atoms with E-state index in [0.717, 1.165) is 50.9 Å². The molecule has 138 valence electrons. The van der Waals surface area contributed by atoms with E-state index < -0.39 is 0 Å². The van der Waals surface area contributed by atoms with Crippen LogP contribution in [0, 0.1) is 5.41 Å². The van der Waals surface area contributed by atoms with Crippen LogP contribution in [0.2, 0.25) is 0 Å². The molecule has 1 amide bonds. The van der Waals surface area contributed by atoms with Gasteiger partial charge in [-0.05, 0) is 47.5 Å². The third-order valence-electron chi connectivity index (χ3n) is 5.74. The molecule has 2 saturated heterocycles. The molecule has 4 rings (SSSR count). The summed E-state index contributed by atoms with van der Waals surface area (Å²) < 4.78 is 5.24. The van der Waals surface area contributed by atoms with Crippen molar-refractivity contribution >= 4 is 11.9 Å². The Labute approximate surface area is 153 Å². The smallest absolute Gasteiger partial charge is 0.266 e. The third-order valence-corrected chi connectivity index (χ3v) is 5.74. The Bertz CT molecular complexity index is 752. The van der Waals surface area contributed by atoms with Crippen molar-refractivity contribution in [1.82, 2.24) is 20.0 Å². The number of aryl methyl sites for hydroxylation is 1. The van der Waals surface area contributed by atoms with Crippen molar-refractivity contribution in [2.24, 2.45) is 5.41 Å². The van der Waals surface area contributed by atoms with Gasteiger partial charge in [-0.3, -0.25) is 9.78 Å². The standard InChI is InChI=1S/C19H25N5O2/c1-2-16-21-18(22-26-16)23-11-7-19(8-12-23)6-3-17(25)24(14-19)13-15-4-9-20-10-5-15/h4-5,9-10H,2-3,6-8,11-14H2,1H3. The molecule has 26 heavy (non-hydrogen) atoms. The van der Waals surface area contributed by atoms with Gasteiger partial charge in [-0.25, -0.2) is 0 Å². The van der Waals surface area contributed by atoms with Gasteiger partial charge in [-0.15, -0.1) is 0 Å².